The zero-order chi connectivity index (χ0) is 29.1. The molecule has 0 amide bonds. The predicted octanol–water partition coefficient (Wildman–Crippen LogP) is 5.21. The quantitative estimate of drug-likeness (QED) is 0.278. The lowest BCUT2D eigenvalue weighted by molar-refractivity contribution is -0.139. The van der Waals surface area contributed by atoms with Crippen molar-refractivity contribution in [3.8, 4) is 11.8 Å². The average Bonchev–Trinajstić information content (AvgIpc) is 3.26. The summed E-state index contributed by atoms with van der Waals surface area (Å²) in [6.45, 7) is 5.85. The number of thiazole rings is 1. The number of esters is 1. The summed E-state index contributed by atoms with van der Waals surface area (Å²) in [4.78, 5) is 32.2. The number of nitriles is 1. The number of aromatic nitrogens is 1. The summed E-state index contributed by atoms with van der Waals surface area (Å²) in [5.74, 6) is 0.00300. The highest BCUT2D eigenvalue weighted by atomic mass is 35.5. The van der Waals surface area contributed by atoms with Crippen molar-refractivity contribution >= 4 is 35.0 Å². The fourth-order valence-electron chi connectivity index (χ4n) is 4.67. The first-order chi connectivity index (χ1) is 19.8. The highest BCUT2D eigenvalue weighted by Crippen LogP contribution is 2.31. The van der Waals surface area contributed by atoms with E-state index in [2.05, 4.69) is 11.1 Å². The van der Waals surface area contributed by atoms with Gasteiger partial charge in [-0.25, -0.2) is 9.79 Å². The van der Waals surface area contributed by atoms with Crippen molar-refractivity contribution in [3.05, 3.63) is 131 Å². The van der Waals surface area contributed by atoms with E-state index in [0.717, 1.165) is 16.7 Å². The normalized spacial score (nSPS) is 14.7. The van der Waals surface area contributed by atoms with Gasteiger partial charge in [-0.05, 0) is 56.7 Å². The minimum Gasteiger partial charge on any atom is -0.488 e. The molecule has 9 heteroatoms. The third-order valence-electron chi connectivity index (χ3n) is 6.69. The van der Waals surface area contributed by atoms with Crippen LogP contribution in [0, 0.1) is 18.3 Å². The van der Waals surface area contributed by atoms with E-state index in [4.69, 9.17) is 21.1 Å². The van der Waals surface area contributed by atoms with E-state index < -0.39 is 12.0 Å². The van der Waals surface area contributed by atoms with Gasteiger partial charge in [0.25, 0.3) is 5.56 Å². The number of carbonyl (C=O) groups excluding carboxylic acids is 1. The van der Waals surface area contributed by atoms with E-state index in [1.165, 1.54) is 11.3 Å². The van der Waals surface area contributed by atoms with Crippen molar-refractivity contribution in [2.24, 2.45) is 4.99 Å². The Morgan fingerprint density at radius 3 is 2.63 bits per heavy atom. The van der Waals surface area contributed by atoms with Crippen molar-refractivity contribution in [1.29, 1.82) is 5.26 Å². The highest BCUT2D eigenvalue weighted by Gasteiger charge is 2.33. The van der Waals surface area contributed by atoms with Crippen LogP contribution >= 0.6 is 22.9 Å². The number of fused-ring (bicyclic) bond motifs is 1. The first kappa shape index (κ1) is 28.1. The topological polar surface area (TPSA) is 93.7 Å². The number of halogens is 1. The fraction of sp³-hybridized carbons (Fsp3) is 0.188. The number of benzene rings is 3. The third kappa shape index (κ3) is 5.73. The zero-order valence-electron chi connectivity index (χ0n) is 22.7. The lowest BCUT2D eigenvalue weighted by atomic mass is 9.95. The van der Waals surface area contributed by atoms with Gasteiger partial charge >= 0.3 is 5.97 Å². The molecular weight excluding hydrogens is 558 g/mol. The lowest BCUT2D eigenvalue weighted by Gasteiger charge is -2.24. The van der Waals surface area contributed by atoms with E-state index in [1.807, 2.05) is 43.3 Å². The summed E-state index contributed by atoms with van der Waals surface area (Å²) in [5, 5.41) is 9.90. The molecule has 0 aliphatic carbocycles. The summed E-state index contributed by atoms with van der Waals surface area (Å²) in [7, 11) is 0. The number of hydrogen-bond donors (Lipinski definition) is 0. The van der Waals surface area contributed by atoms with E-state index >= 15 is 0 Å². The molecule has 1 aromatic heterocycles. The molecule has 0 saturated heterocycles. The van der Waals surface area contributed by atoms with Crippen molar-refractivity contribution in [2.45, 2.75) is 33.4 Å². The first-order valence-corrected chi connectivity index (χ1v) is 14.2. The van der Waals surface area contributed by atoms with Gasteiger partial charge < -0.3 is 9.47 Å². The van der Waals surface area contributed by atoms with Crippen molar-refractivity contribution in [1.82, 2.24) is 4.57 Å². The van der Waals surface area contributed by atoms with Gasteiger partial charge in [0, 0.05) is 16.1 Å². The van der Waals surface area contributed by atoms with Crippen molar-refractivity contribution < 1.29 is 14.3 Å². The number of ether oxygens (including phenoxy) is 2. The Balaban J connectivity index is 1.62. The molecule has 0 bridgehead atoms. The zero-order valence-corrected chi connectivity index (χ0v) is 24.3. The Labute approximate surface area is 245 Å². The molecule has 0 saturated carbocycles. The SMILES string of the molecule is CCOC(=O)C1=C(C)N=c2s/c(=C\c3cc(Cl)ccc3OCc3ccccc3C#N)c(=O)n2[C@H]1c1ccc(C)cc1. The summed E-state index contributed by atoms with van der Waals surface area (Å²) < 4.78 is 13.4. The average molecular weight is 584 g/mol. The Morgan fingerprint density at radius 2 is 1.90 bits per heavy atom. The highest BCUT2D eigenvalue weighted by molar-refractivity contribution is 7.07. The molecule has 1 atom stereocenters. The fourth-order valence-corrected chi connectivity index (χ4v) is 5.89. The van der Waals surface area contributed by atoms with E-state index in [9.17, 15) is 14.9 Å². The van der Waals surface area contributed by atoms with Crippen LogP contribution in [-0.4, -0.2) is 17.1 Å². The maximum absolute atomic E-state index is 14.0. The van der Waals surface area contributed by atoms with Gasteiger partial charge in [-0.3, -0.25) is 9.36 Å². The van der Waals surface area contributed by atoms with Gasteiger partial charge in [0.15, 0.2) is 4.80 Å². The molecule has 1 aliphatic rings. The molecule has 3 aromatic carbocycles. The summed E-state index contributed by atoms with van der Waals surface area (Å²) in [5.41, 5.74) is 4.26. The molecule has 0 spiro atoms. The van der Waals surface area contributed by atoms with Crippen LogP contribution in [0.5, 0.6) is 5.75 Å². The summed E-state index contributed by atoms with van der Waals surface area (Å²) in [6.07, 6.45) is 1.72. The molecule has 4 aromatic rings. The number of carbonyl (C=O) groups is 1. The van der Waals surface area contributed by atoms with Crippen molar-refractivity contribution in [2.75, 3.05) is 6.61 Å². The van der Waals surface area contributed by atoms with Crippen LogP contribution in [0.2, 0.25) is 5.02 Å². The number of allylic oxidation sites excluding steroid dienone is 1. The molecule has 5 rings (SSSR count). The number of nitrogens with zero attached hydrogens (tertiary/aromatic N) is 3. The van der Waals surface area contributed by atoms with Crippen LogP contribution in [0.25, 0.3) is 6.08 Å². The van der Waals surface area contributed by atoms with Gasteiger partial charge in [-0.2, -0.15) is 5.26 Å². The summed E-state index contributed by atoms with van der Waals surface area (Å²) >= 11 is 7.56. The number of hydrogen-bond acceptors (Lipinski definition) is 7. The van der Waals surface area contributed by atoms with Crippen molar-refractivity contribution in [3.63, 3.8) is 0 Å². The molecule has 2 heterocycles. The van der Waals surface area contributed by atoms with Gasteiger partial charge in [0.05, 0.1) is 40.1 Å². The first-order valence-electron chi connectivity index (χ1n) is 13.0. The maximum Gasteiger partial charge on any atom is 0.338 e. The molecule has 0 N–H and O–H groups in total. The Kier molecular flexibility index (Phi) is 8.20. The molecule has 206 valence electrons. The van der Waals surface area contributed by atoms with E-state index in [0.29, 0.717) is 42.5 Å². The van der Waals surface area contributed by atoms with Gasteiger partial charge in [0.2, 0.25) is 0 Å². The maximum atomic E-state index is 14.0. The molecule has 0 radical (unpaired) electrons. The van der Waals surface area contributed by atoms with Crippen LogP contribution in [0.1, 0.15) is 47.7 Å². The van der Waals surface area contributed by atoms with Crippen LogP contribution in [0.15, 0.2) is 87.8 Å². The van der Waals surface area contributed by atoms with E-state index in [-0.39, 0.29) is 18.8 Å². The number of aryl methyl sites for hydroxylation is 1. The van der Waals surface area contributed by atoms with Gasteiger partial charge in [-0.1, -0.05) is 71.0 Å². The monoisotopic (exact) mass is 583 g/mol. The number of rotatable bonds is 7. The third-order valence-corrected chi connectivity index (χ3v) is 7.91. The second kappa shape index (κ2) is 12.0. The van der Waals surface area contributed by atoms with Crippen LogP contribution in [-0.2, 0) is 16.1 Å². The van der Waals surface area contributed by atoms with Crippen LogP contribution in [0.3, 0.4) is 0 Å². The Morgan fingerprint density at radius 1 is 1.15 bits per heavy atom. The second-order valence-electron chi connectivity index (χ2n) is 9.45. The van der Waals surface area contributed by atoms with Crippen LogP contribution < -0.4 is 19.6 Å². The Hall–Kier alpha value is -4.45. The second-order valence-corrected chi connectivity index (χ2v) is 10.9. The molecule has 0 unspecified atom stereocenters. The largest absolute Gasteiger partial charge is 0.488 e. The Bertz CT molecular complexity index is 1900. The predicted molar refractivity (Wildman–Crippen MR) is 159 cm³/mol. The minimum absolute atomic E-state index is 0.170. The smallest absolute Gasteiger partial charge is 0.338 e. The molecule has 0 fully saturated rings. The molecular formula is C32H26ClN3O4S. The summed E-state index contributed by atoms with van der Waals surface area (Å²) in [6, 6.07) is 21.6. The molecule has 1 aliphatic heterocycles. The molecule has 41 heavy (non-hydrogen) atoms. The minimum atomic E-state index is -0.689. The van der Waals surface area contributed by atoms with E-state index in [1.54, 1.807) is 54.8 Å². The van der Waals surface area contributed by atoms with Gasteiger partial charge in [0.1, 0.15) is 12.4 Å². The molecule has 7 nitrogen and oxygen atoms in total. The lowest BCUT2D eigenvalue weighted by Crippen LogP contribution is -2.39. The standard InChI is InChI=1S/C32H26ClN3O4S/c1-4-39-31(38)28-20(3)35-32-36(29(28)21-11-9-19(2)10-12-21)30(37)27(41-32)16-24-15-25(33)13-14-26(24)40-18-23-8-6-5-7-22(23)17-34/h5-16,29H,4,18H2,1-3H3/b27-16-/t29-/m0/s1. The van der Waals surface area contributed by atoms with Crippen LogP contribution in [0.4, 0.5) is 0 Å². The van der Waals surface area contributed by atoms with Gasteiger partial charge in [-0.15, -0.1) is 0 Å².